The van der Waals surface area contributed by atoms with Crippen LogP contribution in [0.5, 0.6) is 0 Å². The molecule has 0 unspecified atom stereocenters. The molecule has 0 radical (unpaired) electrons. The number of benzene rings is 1. The Bertz CT molecular complexity index is 884. The molecule has 0 aliphatic carbocycles. The van der Waals surface area contributed by atoms with Crippen LogP contribution in [0.1, 0.15) is 10.4 Å². The van der Waals surface area contributed by atoms with Crippen molar-refractivity contribution in [3.05, 3.63) is 54.0 Å². The molecule has 1 aliphatic heterocycles. The highest BCUT2D eigenvalue weighted by atomic mass is 32.2. The number of halogens is 4. The van der Waals surface area contributed by atoms with Crippen molar-refractivity contribution in [3.8, 4) is 0 Å². The number of piperazine rings is 1. The van der Waals surface area contributed by atoms with Gasteiger partial charge in [-0.15, -0.1) is 0 Å². The maximum atomic E-state index is 12.9. The molecule has 3 rings (SSSR count). The fraction of sp³-hybridized carbons (Fsp3) is 0.278. The van der Waals surface area contributed by atoms with Crippen molar-refractivity contribution in [3.63, 3.8) is 0 Å². The number of hydrogen-bond acceptors (Lipinski definition) is 4. The standard InChI is InChI=1S/C18H16F4N4O2S/c19-12-3-5-13(6-4-12)24-17(28)26-10-8-25(9-11-26)16(27)14-2-1-7-23-15(14)29-18(20,21)22/h1-7H,8-11H2,(H,24,28). The van der Waals surface area contributed by atoms with Crippen LogP contribution in [0.3, 0.4) is 0 Å². The van der Waals surface area contributed by atoms with Crippen molar-refractivity contribution in [2.75, 3.05) is 31.5 Å². The molecule has 1 fully saturated rings. The Labute approximate surface area is 167 Å². The second kappa shape index (κ2) is 8.68. The minimum Gasteiger partial charge on any atom is -0.335 e. The molecule has 2 aromatic rings. The molecular formula is C18H16F4N4O2S. The van der Waals surface area contributed by atoms with Crippen LogP contribution < -0.4 is 5.32 Å². The average molecular weight is 428 g/mol. The van der Waals surface area contributed by atoms with Crippen LogP contribution >= 0.6 is 11.8 Å². The highest BCUT2D eigenvalue weighted by molar-refractivity contribution is 8.00. The summed E-state index contributed by atoms with van der Waals surface area (Å²) in [5, 5.41) is 2.23. The second-order valence-corrected chi connectivity index (χ2v) is 7.17. The summed E-state index contributed by atoms with van der Waals surface area (Å²) in [4.78, 5) is 31.5. The van der Waals surface area contributed by atoms with Gasteiger partial charge in [-0.25, -0.2) is 14.2 Å². The van der Waals surface area contributed by atoms with E-state index in [1.807, 2.05) is 0 Å². The zero-order chi connectivity index (χ0) is 21.0. The van der Waals surface area contributed by atoms with Crippen molar-refractivity contribution in [2.24, 2.45) is 0 Å². The van der Waals surface area contributed by atoms with Gasteiger partial charge in [0, 0.05) is 49.8 Å². The first kappa shape index (κ1) is 20.9. The van der Waals surface area contributed by atoms with Gasteiger partial charge in [0.25, 0.3) is 5.91 Å². The Morgan fingerprint density at radius 2 is 1.62 bits per heavy atom. The monoisotopic (exact) mass is 428 g/mol. The summed E-state index contributed by atoms with van der Waals surface area (Å²) in [5.74, 6) is -0.989. The lowest BCUT2D eigenvalue weighted by Crippen LogP contribution is -2.51. The number of anilines is 1. The van der Waals surface area contributed by atoms with Crippen molar-refractivity contribution in [1.29, 1.82) is 0 Å². The summed E-state index contributed by atoms with van der Waals surface area (Å²) < 4.78 is 51.0. The maximum Gasteiger partial charge on any atom is 0.447 e. The maximum absolute atomic E-state index is 12.9. The summed E-state index contributed by atoms with van der Waals surface area (Å²) in [6.07, 6.45) is 1.20. The van der Waals surface area contributed by atoms with Crippen LogP contribution in [0.15, 0.2) is 47.6 Å². The smallest absolute Gasteiger partial charge is 0.335 e. The molecule has 0 spiro atoms. The molecule has 0 atom stereocenters. The van der Waals surface area contributed by atoms with E-state index >= 15 is 0 Å². The fourth-order valence-corrected chi connectivity index (χ4v) is 3.36. The summed E-state index contributed by atoms with van der Waals surface area (Å²) in [6.45, 7) is 0.753. The average Bonchev–Trinajstić information content (AvgIpc) is 2.68. The van der Waals surface area contributed by atoms with Crippen LogP contribution in [0, 0.1) is 5.82 Å². The van der Waals surface area contributed by atoms with E-state index in [0.29, 0.717) is 5.69 Å². The predicted molar refractivity (Wildman–Crippen MR) is 99.0 cm³/mol. The molecule has 6 nitrogen and oxygen atoms in total. The van der Waals surface area contributed by atoms with Gasteiger partial charge < -0.3 is 15.1 Å². The Morgan fingerprint density at radius 3 is 2.24 bits per heavy atom. The lowest BCUT2D eigenvalue weighted by atomic mass is 10.2. The third-order valence-corrected chi connectivity index (χ3v) is 4.91. The quantitative estimate of drug-likeness (QED) is 0.596. The first-order valence-corrected chi connectivity index (χ1v) is 9.36. The molecule has 3 amide bonds. The minimum absolute atomic E-state index is 0.126. The summed E-state index contributed by atoms with van der Waals surface area (Å²) in [6, 6.07) is 7.59. The number of hydrogen-bond donors (Lipinski definition) is 1. The van der Waals surface area contributed by atoms with Crippen LogP contribution in [-0.4, -0.2) is 58.4 Å². The Balaban J connectivity index is 1.60. The van der Waals surface area contributed by atoms with E-state index in [2.05, 4.69) is 10.3 Å². The number of rotatable bonds is 3. The van der Waals surface area contributed by atoms with Crippen LogP contribution in [0.4, 0.5) is 28.0 Å². The number of amides is 3. The lowest BCUT2D eigenvalue weighted by molar-refractivity contribution is -0.0329. The van der Waals surface area contributed by atoms with Crippen molar-refractivity contribution in [2.45, 2.75) is 10.5 Å². The van der Waals surface area contributed by atoms with Crippen molar-refractivity contribution in [1.82, 2.24) is 14.8 Å². The molecule has 2 heterocycles. The number of nitrogens with one attached hydrogen (secondary N) is 1. The Hall–Kier alpha value is -2.82. The predicted octanol–water partition coefficient (Wildman–Crippen LogP) is 3.82. The molecule has 1 aromatic heterocycles. The number of carbonyl (C=O) groups is 2. The summed E-state index contributed by atoms with van der Waals surface area (Å²) >= 11 is -0.432. The highest BCUT2D eigenvalue weighted by Gasteiger charge is 2.34. The number of nitrogens with zero attached hydrogens (tertiary/aromatic N) is 3. The highest BCUT2D eigenvalue weighted by Crippen LogP contribution is 2.37. The van der Waals surface area contributed by atoms with Gasteiger partial charge >= 0.3 is 11.5 Å². The SMILES string of the molecule is O=C(Nc1ccc(F)cc1)N1CCN(C(=O)c2cccnc2SC(F)(F)F)CC1. The fourth-order valence-electron chi connectivity index (χ4n) is 2.76. The number of urea groups is 1. The third kappa shape index (κ3) is 5.59. The molecule has 1 N–H and O–H groups in total. The van der Waals surface area contributed by atoms with Crippen LogP contribution in [0.25, 0.3) is 0 Å². The topological polar surface area (TPSA) is 65.5 Å². The van der Waals surface area contributed by atoms with E-state index in [0.717, 1.165) is 0 Å². The molecular weight excluding hydrogens is 412 g/mol. The van der Waals surface area contributed by atoms with Crippen LogP contribution in [-0.2, 0) is 0 Å². The van der Waals surface area contributed by atoms with Gasteiger partial charge in [-0.3, -0.25) is 4.79 Å². The molecule has 1 aromatic carbocycles. The van der Waals surface area contributed by atoms with Gasteiger partial charge in [-0.2, -0.15) is 13.2 Å². The third-order valence-electron chi connectivity index (χ3n) is 4.16. The van der Waals surface area contributed by atoms with E-state index in [1.165, 1.54) is 52.4 Å². The molecule has 1 saturated heterocycles. The van der Waals surface area contributed by atoms with Crippen molar-refractivity contribution < 1.29 is 27.2 Å². The molecule has 0 saturated carbocycles. The zero-order valence-corrected chi connectivity index (χ0v) is 15.8. The lowest BCUT2D eigenvalue weighted by Gasteiger charge is -2.35. The normalized spacial score (nSPS) is 14.6. The molecule has 1 aliphatic rings. The second-order valence-electron chi connectivity index (χ2n) is 6.12. The van der Waals surface area contributed by atoms with Gasteiger partial charge in [0.2, 0.25) is 0 Å². The van der Waals surface area contributed by atoms with E-state index in [4.69, 9.17) is 0 Å². The summed E-state index contributed by atoms with van der Waals surface area (Å²) in [7, 11) is 0. The van der Waals surface area contributed by atoms with Gasteiger partial charge in [-0.1, -0.05) is 0 Å². The molecule has 0 bridgehead atoms. The van der Waals surface area contributed by atoms with Gasteiger partial charge in [0.05, 0.1) is 5.56 Å². The van der Waals surface area contributed by atoms with E-state index < -0.39 is 40.1 Å². The minimum atomic E-state index is -4.56. The molecule has 11 heteroatoms. The number of pyridine rings is 1. The van der Waals surface area contributed by atoms with Gasteiger partial charge in [0.15, 0.2) is 0 Å². The number of carbonyl (C=O) groups excluding carboxylic acids is 2. The van der Waals surface area contributed by atoms with E-state index in [1.54, 1.807) is 0 Å². The number of alkyl halides is 3. The number of aromatic nitrogens is 1. The first-order valence-electron chi connectivity index (χ1n) is 8.54. The summed E-state index contributed by atoms with van der Waals surface area (Å²) in [5.41, 5.74) is -4.25. The van der Waals surface area contributed by atoms with Gasteiger partial charge in [0.1, 0.15) is 10.8 Å². The van der Waals surface area contributed by atoms with Gasteiger partial charge in [-0.05, 0) is 36.4 Å². The number of thioether (sulfide) groups is 1. The largest absolute Gasteiger partial charge is 0.447 e. The van der Waals surface area contributed by atoms with Crippen molar-refractivity contribution >= 4 is 29.4 Å². The molecule has 29 heavy (non-hydrogen) atoms. The Morgan fingerprint density at radius 1 is 1.00 bits per heavy atom. The zero-order valence-electron chi connectivity index (χ0n) is 14.9. The molecule has 154 valence electrons. The first-order chi connectivity index (χ1) is 13.7. The Kier molecular flexibility index (Phi) is 6.26. The van der Waals surface area contributed by atoms with E-state index in [-0.39, 0.29) is 31.7 Å². The van der Waals surface area contributed by atoms with Crippen LogP contribution in [0.2, 0.25) is 0 Å². The van der Waals surface area contributed by atoms with E-state index in [9.17, 15) is 27.2 Å².